The molecular formula is C17H13BrFNO. The van der Waals surface area contributed by atoms with Crippen LogP contribution in [0.25, 0.3) is 10.9 Å². The van der Waals surface area contributed by atoms with E-state index in [2.05, 4.69) is 20.9 Å². The van der Waals surface area contributed by atoms with Crippen LogP contribution in [0.3, 0.4) is 0 Å². The molecular weight excluding hydrogens is 333 g/mol. The van der Waals surface area contributed by atoms with Crippen LogP contribution in [0.4, 0.5) is 4.39 Å². The van der Waals surface area contributed by atoms with Gasteiger partial charge in [0.25, 0.3) is 0 Å². The lowest BCUT2D eigenvalue weighted by Gasteiger charge is -2.14. The van der Waals surface area contributed by atoms with Gasteiger partial charge in [0.15, 0.2) is 0 Å². The minimum atomic E-state index is -0.712. The number of nitrogens with zero attached hydrogens (tertiary/aromatic N) is 1. The van der Waals surface area contributed by atoms with Crippen LogP contribution >= 0.6 is 15.9 Å². The Labute approximate surface area is 130 Å². The van der Waals surface area contributed by atoms with Crippen LogP contribution in [0.5, 0.6) is 0 Å². The summed E-state index contributed by atoms with van der Waals surface area (Å²) in [5, 5.41) is 11.4. The van der Waals surface area contributed by atoms with Gasteiger partial charge in [0.1, 0.15) is 5.82 Å². The zero-order valence-electron chi connectivity index (χ0n) is 11.1. The number of aliphatic hydroxyl groups is 1. The van der Waals surface area contributed by atoms with E-state index in [1.807, 2.05) is 30.3 Å². The summed E-state index contributed by atoms with van der Waals surface area (Å²) in [7, 11) is 0. The molecule has 0 aliphatic heterocycles. The van der Waals surface area contributed by atoms with Crippen molar-refractivity contribution in [2.75, 3.05) is 0 Å². The van der Waals surface area contributed by atoms with Gasteiger partial charge in [-0.15, -0.1) is 0 Å². The minimum Gasteiger partial charge on any atom is -0.388 e. The highest BCUT2D eigenvalue weighted by atomic mass is 79.9. The highest BCUT2D eigenvalue weighted by molar-refractivity contribution is 9.10. The molecule has 1 aromatic heterocycles. The van der Waals surface area contributed by atoms with E-state index < -0.39 is 6.10 Å². The molecule has 2 aromatic carbocycles. The predicted molar refractivity (Wildman–Crippen MR) is 84.5 cm³/mol. The fraction of sp³-hybridized carbons (Fsp3) is 0.118. The first-order chi connectivity index (χ1) is 10.2. The molecule has 0 fully saturated rings. The number of fused-ring (bicyclic) bond motifs is 1. The maximum atomic E-state index is 13.5. The molecule has 0 saturated heterocycles. The summed E-state index contributed by atoms with van der Waals surface area (Å²) >= 11 is 3.23. The Morgan fingerprint density at radius 1 is 1.10 bits per heavy atom. The van der Waals surface area contributed by atoms with Crippen molar-refractivity contribution in [1.82, 2.24) is 4.98 Å². The zero-order chi connectivity index (χ0) is 14.8. The Bertz CT molecular complexity index is 785. The predicted octanol–water partition coefficient (Wildman–Crippen LogP) is 4.41. The maximum Gasteiger partial charge on any atom is 0.137 e. The third-order valence-electron chi connectivity index (χ3n) is 3.48. The monoisotopic (exact) mass is 345 g/mol. The first kappa shape index (κ1) is 14.2. The van der Waals surface area contributed by atoms with E-state index >= 15 is 0 Å². The molecule has 0 radical (unpaired) electrons. The molecule has 0 saturated carbocycles. The standard InChI is InChI=1S/C17H13BrFNO/c18-17-11(4-1-7-14(17)19)10-16(21)13-5-2-8-15-12(13)6-3-9-20-15/h1-9,16,21H,10H2. The topological polar surface area (TPSA) is 33.1 Å². The maximum absolute atomic E-state index is 13.5. The Morgan fingerprint density at radius 3 is 2.76 bits per heavy atom. The second-order valence-electron chi connectivity index (χ2n) is 4.85. The summed E-state index contributed by atoms with van der Waals surface area (Å²) in [5.41, 5.74) is 2.38. The lowest BCUT2D eigenvalue weighted by molar-refractivity contribution is 0.179. The van der Waals surface area contributed by atoms with Gasteiger partial charge in [0.05, 0.1) is 16.1 Å². The lowest BCUT2D eigenvalue weighted by Crippen LogP contribution is -2.04. The molecule has 2 nitrogen and oxygen atoms in total. The number of aliphatic hydroxyl groups excluding tert-OH is 1. The van der Waals surface area contributed by atoms with Crippen molar-refractivity contribution < 1.29 is 9.50 Å². The summed E-state index contributed by atoms with van der Waals surface area (Å²) < 4.78 is 14.0. The van der Waals surface area contributed by atoms with Crippen LogP contribution in [0.15, 0.2) is 59.2 Å². The Morgan fingerprint density at radius 2 is 1.90 bits per heavy atom. The van der Waals surface area contributed by atoms with Gasteiger partial charge in [-0.3, -0.25) is 4.98 Å². The van der Waals surface area contributed by atoms with Gasteiger partial charge in [0.2, 0.25) is 0 Å². The van der Waals surface area contributed by atoms with Gasteiger partial charge in [-0.05, 0) is 45.3 Å². The Balaban J connectivity index is 1.97. The fourth-order valence-corrected chi connectivity index (χ4v) is 2.87. The second-order valence-corrected chi connectivity index (χ2v) is 5.64. The molecule has 1 atom stereocenters. The molecule has 1 N–H and O–H groups in total. The van der Waals surface area contributed by atoms with Crippen molar-refractivity contribution in [3.63, 3.8) is 0 Å². The van der Waals surface area contributed by atoms with E-state index in [1.165, 1.54) is 6.07 Å². The van der Waals surface area contributed by atoms with E-state index in [1.54, 1.807) is 18.3 Å². The molecule has 0 aliphatic rings. The van der Waals surface area contributed by atoms with Crippen molar-refractivity contribution in [1.29, 1.82) is 0 Å². The largest absolute Gasteiger partial charge is 0.388 e. The third-order valence-corrected chi connectivity index (χ3v) is 4.37. The SMILES string of the molecule is OC(Cc1cccc(F)c1Br)c1cccc2ncccc12. The molecule has 106 valence electrons. The van der Waals surface area contributed by atoms with E-state index in [0.717, 1.165) is 22.0 Å². The van der Waals surface area contributed by atoms with Gasteiger partial charge in [0, 0.05) is 18.0 Å². The third kappa shape index (κ3) is 2.82. The van der Waals surface area contributed by atoms with Crippen molar-refractivity contribution in [3.05, 3.63) is 76.1 Å². The second kappa shape index (κ2) is 5.92. The fourth-order valence-electron chi connectivity index (χ4n) is 2.44. The van der Waals surface area contributed by atoms with Crippen molar-refractivity contribution in [2.45, 2.75) is 12.5 Å². The highest BCUT2D eigenvalue weighted by Gasteiger charge is 2.15. The van der Waals surface area contributed by atoms with Crippen LogP contribution in [0.2, 0.25) is 0 Å². The minimum absolute atomic E-state index is 0.320. The molecule has 21 heavy (non-hydrogen) atoms. The number of benzene rings is 2. The van der Waals surface area contributed by atoms with Gasteiger partial charge in [-0.2, -0.15) is 0 Å². The molecule has 0 bridgehead atoms. The summed E-state index contributed by atoms with van der Waals surface area (Å²) in [6.07, 6.45) is 1.35. The highest BCUT2D eigenvalue weighted by Crippen LogP contribution is 2.29. The van der Waals surface area contributed by atoms with E-state index in [-0.39, 0.29) is 5.82 Å². The summed E-state index contributed by atoms with van der Waals surface area (Å²) in [4.78, 5) is 4.28. The number of hydrogen-bond donors (Lipinski definition) is 1. The molecule has 0 spiro atoms. The van der Waals surface area contributed by atoms with E-state index in [4.69, 9.17) is 0 Å². The average Bonchev–Trinajstić information content (AvgIpc) is 2.51. The molecule has 1 heterocycles. The number of aromatic nitrogens is 1. The molecule has 1 unspecified atom stereocenters. The van der Waals surface area contributed by atoms with Gasteiger partial charge in [-0.1, -0.05) is 30.3 Å². The van der Waals surface area contributed by atoms with Crippen LogP contribution in [-0.2, 0) is 6.42 Å². The summed E-state index contributed by atoms with van der Waals surface area (Å²) in [6.45, 7) is 0. The summed E-state index contributed by atoms with van der Waals surface area (Å²) in [6, 6.07) is 14.3. The molecule has 0 amide bonds. The van der Waals surface area contributed by atoms with Crippen molar-refractivity contribution >= 4 is 26.8 Å². The molecule has 3 aromatic rings. The van der Waals surface area contributed by atoms with Gasteiger partial charge >= 0.3 is 0 Å². The molecule has 0 aliphatic carbocycles. The molecule has 3 rings (SSSR count). The number of rotatable bonds is 3. The lowest BCUT2D eigenvalue weighted by atomic mass is 9.98. The Hall–Kier alpha value is -1.78. The zero-order valence-corrected chi connectivity index (χ0v) is 12.7. The molecule has 4 heteroatoms. The normalized spacial score (nSPS) is 12.5. The quantitative estimate of drug-likeness (QED) is 0.762. The van der Waals surface area contributed by atoms with E-state index in [0.29, 0.717) is 10.9 Å². The first-order valence-corrected chi connectivity index (χ1v) is 7.40. The Kier molecular flexibility index (Phi) is 3.99. The van der Waals surface area contributed by atoms with Crippen LogP contribution in [-0.4, -0.2) is 10.1 Å². The van der Waals surface area contributed by atoms with E-state index in [9.17, 15) is 9.50 Å². The smallest absolute Gasteiger partial charge is 0.137 e. The number of halogens is 2. The number of hydrogen-bond acceptors (Lipinski definition) is 2. The van der Waals surface area contributed by atoms with Crippen molar-refractivity contribution in [2.24, 2.45) is 0 Å². The van der Waals surface area contributed by atoms with Crippen LogP contribution < -0.4 is 0 Å². The van der Waals surface area contributed by atoms with Gasteiger partial charge in [-0.25, -0.2) is 4.39 Å². The van der Waals surface area contributed by atoms with Gasteiger partial charge < -0.3 is 5.11 Å². The first-order valence-electron chi connectivity index (χ1n) is 6.61. The van der Waals surface area contributed by atoms with Crippen molar-refractivity contribution in [3.8, 4) is 0 Å². The van der Waals surface area contributed by atoms with Crippen LogP contribution in [0.1, 0.15) is 17.2 Å². The summed E-state index contributed by atoms with van der Waals surface area (Å²) in [5.74, 6) is -0.320. The van der Waals surface area contributed by atoms with Crippen LogP contribution in [0, 0.1) is 5.82 Å². The average molecular weight is 346 g/mol. The number of pyridine rings is 1.